The van der Waals surface area contributed by atoms with Crippen molar-refractivity contribution in [2.45, 2.75) is 18.9 Å². The van der Waals surface area contributed by atoms with Gasteiger partial charge >= 0.3 is 0 Å². The highest BCUT2D eigenvalue weighted by atomic mass is 35.5. The maximum atomic E-state index is 12.5. The Bertz CT molecular complexity index is 783. The van der Waals surface area contributed by atoms with E-state index in [0.29, 0.717) is 31.0 Å². The van der Waals surface area contributed by atoms with Gasteiger partial charge in [-0.2, -0.15) is 0 Å². The van der Waals surface area contributed by atoms with E-state index >= 15 is 0 Å². The van der Waals surface area contributed by atoms with E-state index in [1.807, 2.05) is 24.3 Å². The van der Waals surface area contributed by atoms with Crippen LogP contribution in [0, 0.1) is 11.8 Å². The number of hydrogen-bond acceptors (Lipinski definition) is 3. The van der Waals surface area contributed by atoms with Gasteiger partial charge in [0, 0.05) is 24.2 Å². The third-order valence-corrected chi connectivity index (χ3v) is 5.62. The first kappa shape index (κ1) is 17.0. The molecule has 4 rings (SSSR count). The molecule has 1 aliphatic carbocycles. The number of benzene rings is 1. The SMILES string of the molecule is O=C(C=Cc1ccc(Cl)cc1)N1CC(N2C(=O)C3CC=CCC3C2=O)C1. The molecule has 1 aromatic rings. The van der Waals surface area contributed by atoms with Crippen molar-refractivity contribution in [3.63, 3.8) is 0 Å². The molecule has 2 saturated heterocycles. The number of imide groups is 1. The number of carbonyl (C=O) groups is 3. The first-order valence-electron chi connectivity index (χ1n) is 8.79. The van der Waals surface area contributed by atoms with Crippen molar-refractivity contribution < 1.29 is 14.4 Å². The molecule has 26 heavy (non-hydrogen) atoms. The van der Waals surface area contributed by atoms with Crippen molar-refractivity contribution in [2.24, 2.45) is 11.8 Å². The van der Waals surface area contributed by atoms with E-state index < -0.39 is 0 Å². The smallest absolute Gasteiger partial charge is 0.246 e. The molecular weight excluding hydrogens is 352 g/mol. The predicted molar refractivity (Wildman–Crippen MR) is 98.1 cm³/mol. The average Bonchev–Trinajstić information content (AvgIpc) is 2.86. The van der Waals surface area contributed by atoms with Gasteiger partial charge in [0.2, 0.25) is 17.7 Å². The summed E-state index contributed by atoms with van der Waals surface area (Å²) in [6, 6.07) is 7.02. The van der Waals surface area contributed by atoms with E-state index in [1.54, 1.807) is 23.1 Å². The fourth-order valence-corrected chi connectivity index (χ4v) is 3.96. The van der Waals surface area contributed by atoms with Crippen LogP contribution in [0.4, 0.5) is 0 Å². The normalized spacial score (nSPS) is 25.7. The summed E-state index contributed by atoms with van der Waals surface area (Å²) in [5, 5.41) is 0.648. The molecule has 2 aliphatic heterocycles. The summed E-state index contributed by atoms with van der Waals surface area (Å²) in [6.45, 7) is 0.822. The Kier molecular flexibility index (Phi) is 4.41. The Morgan fingerprint density at radius 1 is 1.00 bits per heavy atom. The van der Waals surface area contributed by atoms with Gasteiger partial charge < -0.3 is 4.90 Å². The second kappa shape index (κ2) is 6.72. The van der Waals surface area contributed by atoms with E-state index in [4.69, 9.17) is 11.6 Å². The van der Waals surface area contributed by atoms with Crippen molar-refractivity contribution >= 4 is 35.4 Å². The van der Waals surface area contributed by atoms with Crippen molar-refractivity contribution in [3.05, 3.63) is 53.1 Å². The van der Waals surface area contributed by atoms with Gasteiger partial charge in [-0.15, -0.1) is 0 Å². The predicted octanol–water partition coefficient (Wildman–Crippen LogP) is 2.52. The number of carbonyl (C=O) groups excluding carboxylic acids is 3. The number of amides is 3. The number of allylic oxidation sites excluding steroid dienone is 2. The highest BCUT2D eigenvalue weighted by Gasteiger charge is 2.52. The van der Waals surface area contributed by atoms with Crippen molar-refractivity contribution in [3.8, 4) is 0 Å². The minimum Gasteiger partial charge on any atom is -0.335 e. The monoisotopic (exact) mass is 370 g/mol. The number of rotatable bonds is 3. The quantitative estimate of drug-likeness (QED) is 0.466. The van der Waals surface area contributed by atoms with E-state index in [0.717, 1.165) is 5.56 Å². The Morgan fingerprint density at radius 2 is 1.58 bits per heavy atom. The second-order valence-electron chi connectivity index (χ2n) is 6.98. The van der Waals surface area contributed by atoms with Gasteiger partial charge in [0.25, 0.3) is 0 Å². The zero-order valence-electron chi connectivity index (χ0n) is 14.2. The van der Waals surface area contributed by atoms with E-state index in [1.165, 1.54) is 11.0 Å². The summed E-state index contributed by atoms with van der Waals surface area (Å²) in [5.41, 5.74) is 0.890. The molecule has 134 valence electrons. The zero-order chi connectivity index (χ0) is 18.3. The molecule has 0 N–H and O–H groups in total. The molecule has 2 fully saturated rings. The molecule has 1 aromatic carbocycles. The van der Waals surface area contributed by atoms with Crippen molar-refractivity contribution in [1.29, 1.82) is 0 Å². The highest BCUT2D eigenvalue weighted by Crippen LogP contribution is 2.37. The van der Waals surface area contributed by atoms with Gasteiger partial charge in [-0.3, -0.25) is 19.3 Å². The van der Waals surface area contributed by atoms with Crippen LogP contribution in [-0.4, -0.2) is 46.7 Å². The molecule has 3 amide bonds. The summed E-state index contributed by atoms with van der Waals surface area (Å²) in [7, 11) is 0. The summed E-state index contributed by atoms with van der Waals surface area (Å²) >= 11 is 5.84. The fourth-order valence-electron chi connectivity index (χ4n) is 3.83. The molecule has 6 heteroatoms. The molecule has 0 aromatic heterocycles. The van der Waals surface area contributed by atoms with Gasteiger partial charge in [-0.05, 0) is 36.6 Å². The maximum absolute atomic E-state index is 12.5. The Morgan fingerprint density at radius 3 is 2.15 bits per heavy atom. The molecule has 0 saturated carbocycles. The van der Waals surface area contributed by atoms with Crippen LogP contribution in [0.2, 0.25) is 5.02 Å². The van der Waals surface area contributed by atoms with Crippen LogP contribution in [-0.2, 0) is 14.4 Å². The van der Waals surface area contributed by atoms with Crippen LogP contribution in [0.15, 0.2) is 42.5 Å². The molecule has 2 atom stereocenters. The lowest BCUT2D eigenvalue weighted by Gasteiger charge is -2.42. The van der Waals surface area contributed by atoms with Gasteiger partial charge in [0.1, 0.15) is 0 Å². The Hall–Kier alpha value is -2.40. The third kappa shape index (κ3) is 2.97. The largest absolute Gasteiger partial charge is 0.335 e. The van der Waals surface area contributed by atoms with Crippen molar-refractivity contribution in [2.75, 3.05) is 13.1 Å². The van der Waals surface area contributed by atoms with E-state index in [-0.39, 0.29) is 35.6 Å². The van der Waals surface area contributed by atoms with Crippen LogP contribution < -0.4 is 0 Å². The summed E-state index contributed by atoms with van der Waals surface area (Å²) < 4.78 is 0. The van der Waals surface area contributed by atoms with Gasteiger partial charge in [-0.1, -0.05) is 35.9 Å². The summed E-state index contributed by atoms with van der Waals surface area (Å²) in [5.74, 6) is -0.671. The minimum atomic E-state index is -0.206. The number of fused-ring (bicyclic) bond motifs is 1. The van der Waals surface area contributed by atoms with E-state index in [2.05, 4.69) is 0 Å². The summed E-state index contributed by atoms with van der Waals surface area (Å²) in [4.78, 5) is 40.4. The molecule has 2 unspecified atom stereocenters. The second-order valence-corrected chi connectivity index (χ2v) is 7.42. The standard InChI is InChI=1S/C20H19ClN2O3/c21-14-8-5-13(6-9-14)7-10-18(24)22-11-15(12-22)23-19(25)16-3-1-2-4-17(16)20(23)26/h1-2,5-10,15-17H,3-4,11-12H2. The van der Waals surface area contributed by atoms with Crippen LogP contribution in [0.1, 0.15) is 18.4 Å². The molecule has 3 aliphatic rings. The van der Waals surface area contributed by atoms with Gasteiger partial charge in [0.15, 0.2) is 0 Å². The highest BCUT2D eigenvalue weighted by molar-refractivity contribution is 6.30. The minimum absolute atomic E-state index is 0.0712. The number of hydrogen-bond donors (Lipinski definition) is 0. The third-order valence-electron chi connectivity index (χ3n) is 5.37. The molecular formula is C20H19ClN2O3. The average molecular weight is 371 g/mol. The maximum Gasteiger partial charge on any atom is 0.246 e. The lowest BCUT2D eigenvalue weighted by molar-refractivity contribution is -0.151. The van der Waals surface area contributed by atoms with Crippen molar-refractivity contribution in [1.82, 2.24) is 9.80 Å². The number of halogens is 1. The van der Waals surface area contributed by atoms with Crippen LogP contribution in [0.3, 0.4) is 0 Å². The zero-order valence-corrected chi connectivity index (χ0v) is 14.9. The number of nitrogens with zero attached hydrogens (tertiary/aromatic N) is 2. The molecule has 2 heterocycles. The van der Waals surface area contributed by atoms with Gasteiger partial charge in [-0.25, -0.2) is 0 Å². The van der Waals surface area contributed by atoms with Gasteiger partial charge in [0.05, 0.1) is 17.9 Å². The first-order chi connectivity index (χ1) is 12.5. The number of likely N-dealkylation sites (tertiary alicyclic amines) is 2. The Labute approximate surface area is 156 Å². The summed E-state index contributed by atoms with van der Waals surface area (Å²) in [6.07, 6.45) is 8.49. The molecule has 0 radical (unpaired) electrons. The van der Waals surface area contributed by atoms with E-state index in [9.17, 15) is 14.4 Å². The molecule has 0 spiro atoms. The van der Waals surface area contributed by atoms with Crippen LogP contribution in [0.5, 0.6) is 0 Å². The first-order valence-corrected chi connectivity index (χ1v) is 9.17. The molecule has 5 nitrogen and oxygen atoms in total. The fraction of sp³-hybridized carbons (Fsp3) is 0.350. The topological polar surface area (TPSA) is 57.7 Å². The van der Waals surface area contributed by atoms with Crippen LogP contribution in [0.25, 0.3) is 6.08 Å². The Balaban J connectivity index is 1.35. The lowest BCUT2D eigenvalue weighted by atomic mass is 9.85. The lowest BCUT2D eigenvalue weighted by Crippen LogP contribution is -2.62. The van der Waals surface area contributed by atoms with Crippen LogP contribution >= 0.6 is 11.6 Å². The molecule has 0 bridgehead atoms.